The molecule has 4 rings (SSSR count). The van der Waals surface area contributed by atoms with E-state index in [2.05, 4.69) is 39.9 Å². The molecule has 4 aromatic rings. The molecule has 0 unspecified atom stereocenters. The largest absolute Gasteiger partial charge is 0.492 e. The Labute approximate surface area is 168 Å². The Morgan fingerprint density at radius 2 is 1.79 bits per heavy atom. The first-order valence-corrected chi connectivity index (χ1v) is 10.1. The third kappa shape index (κ3) is 4.28. The fourth-order valence-corrected chi connectivity index (χ4v) is 3.65. The van der Waals surface area contributed by atoms with Gasteiger partial charge in [0.2, 0.25) is 5.82 Å². The van der Waals surface area contributed by atoms with Crippen molar-refractivity contribution >= 4 is 11.8 Å². The number of hydrogen-bond acceptors (Lipinski definition) is 5. The zero-order chi connectivity index (χ0) is 19.2. The van der Waals surface area contributed by atoms with Crippen LogP contribution in [0.4, 0.5) is 0 Å². The molecule has 2 aromatic heterocycles. The molecule has 0 spiro atoms. The van der Waals surface area contributed by atoms with Crippen LogP contribution in [0, 0.1) is 6.92 Å². The highest BCUT2D eigenvalue weighted by atomic mass is 32.2. The van der Waals surface area contributed by atoms with Gasteiger partial charge in [-0.3, -0.25) is 4.57 Å². The second-order valence-corrected chi connectivity index (χ2v) is 7.38. The van der Waals surface area contributed by atoms with Crippen LogP contribution in [-0.2, 0) is 6.54 Å². The van der Waals surface area contributed by atoms with E-state index in [1.807, 2.05) is 48.5 Å². The van der Waals surface area contributed by atoms with Crippen LogP contribution in [0.15, 0.2) is 82.6 Å². The Balaban J connectivity index is 1.48. The van der Waals surface area contributed by atoms with E-state index >= 15 is 0 Å². The molecule has 0 aliphatic carbocycles. The molecule has 0 N–H and O–H groups in total. The van der Waals surface area contributed by atoms with E-state index in [0.717, 1.165) is 28.0 Å². The summed E-state index contributed by atoms with van der Waals surface area (Å²) in [5, 5.41) is 9.60. The van der Waals surface area contributed by atoms with Crippen LogP contribution in [0.1, 0.15) is 11.1 Å². The highest BCUT2D eigenvalue weighted by Gasteiger charge is 2.16. The second-order valence-electron chi connectivity index (χ2n) is 6.32. The standard InChI is InChI=1S/C22H21N3O2S/c1-17-8-5-6-11-19(17)27-14-15-28-22-24-23-21(20-12-7-13-26-20)25(22)16-18-9-3-2-4-10-18/h2-13H,14-16H2,1H3. The molecule has 0 bridgehead atoms. The minimum Gasteiger partial charge on any atom is -0.492 e. The van der Waals surface area contributed by atoms with Gasteiger partial charge in [-0.1, -0.05) is 60.3 Å². The summed E-state index contributed by atoms with van der Waals surface area (Å²) in [5.41, 5.74) is 2.33. The van der Waals surface area contributed by atoms with E-state index in [4.69, 9.17) is 9.15 Å². The molecular formula is C22H21N3O2S. The van der Waals surface area contributed by atoms with Gasteiger partial charge < -0.3 is 9.15 Å². The quantitative estimate of drug-likeness (QED) is 0.310. The molecule has 0 aliphatic rings. The van der Waals surface area contributed by atoms with Gasteiger partial charge in [-0.2, -0.15) is 0 Å². The summed E-state index contributed by atoms with van der Waals surface area (Å²) < 4.78 is 13.5. The van der Waals surface area contributed by atoms with Crippen LogP contribution in [0.5, 0.6) is 5.75 Å². The first-order chi connectivity index (χ1) is 13.8. The minimum atomic E-state index is 0.601. The lowest BCUT2D eigenvalue weighted by atomic mass is 10.2. The summed E-state index contributed by atoms with van der Waals surface area (Å²) in [6.07, 6.45) is 1.65. The van der Waals surface area contributed by atoms with Crippen LogP contribution in [-0.4, -0.2) is 27.1 Å². The Kier molecular flexibility index (Phi) is 5.77. The fourth-order valence-electron chi connectivity index (χ4n) is 2.90. The molecule has 0 radical (unpaired) electrons. The minimum absolute atomic E-state index is 0.601. The van der Waals surface area contributed by atoms with Crippen LogP contribution < -0.4 is 4.74 Å². The van der Waals surface area contributed by atoms with Gasteiger partial charge in [0.15, 0.2) is 10.9 Å². The van der Waals surface area contributed by atoms with Crippen LogP contribution in [0.3, 0.4) is 0 Å². The summed E-state index contributed by atoms with van der Waals surface area (Å²) in [5.74, 6) is 3.15. The summed E-state index contributed by atoms with van der Waals surface area (Å²) in [4.78, 5) is 0. The average Bonchev–Trinajstić information content (AvgIpc) is 3.38. The molecule has 2 heterocycles. The Morgan fingerprint density at radius 1 is 0.964 bits per heavy atom. The molecular weight excluding hydrogens is 370 g/mol. The smallest absolute Gasteiger partial charge is 0.200 e. The van der Waals surface area contributed by atoms with Crippen molar-refractivity contribution in [3.8, 4) is 17.3 Å². The molecule has 0 fully saturated rings. The van der Waals surface area contributed by atoms with Crippen LogP contribution in [0.25, 0.3) is 11.6 Å². The normalized spacial score (nSPS) is 10.9. The lowest BCUT2D eigenvalue weighted by molar-refractivity contribution is 0.341. The number of thioether (sulfide) groups is 1. The molecule has 0 saturated carbocycles. The number of ether oxygens (including phenoxy) is 1. The zero-order valence-electron chi connectivity index (χ0n) is 15.6. The van der Waals surface area contributed by atoms with Crippen molar-refractivity contribution in [1.29, 1.82) is 0 Å². The molecule has 5 nitrogen and oxygen atoms in total. The number of aryl methyl sites for hydroxylation is 1. The summed E-state index contributed by atoms with van der Waals surface area (Å²) in [6.45, 7) is 3.34. The number of furan rings is 1. The van der Waals surface area contributed by atoms with E-state index in [9.17, 15) is 0 Å². The molecule has 28 heavy (non-hydrogen) atoms. The van der Waals surface area contributed by atoms with Gasteiger partial charge in [0, 0.05) is 5.75 Å². The molecule has 0 saturated heterocycles. The van der Waals surface area contributed by atoms with Crippen LogP contribution in [0.2, 0.25) is 0 Å². The monoisotopic (exact) mass is 391 g/mol. The van der Waals surface area contributed by atoms with Gasteiger partial charge in [0.25, 0.3) is 0 Å². The summed E-state index contributed by atoms with van der Waals surface area (Å²) >= 11 is 1.63. The first-order valence-electron chi connectivity index (χ1n) is 9.13. The van der Waals surface area contributed by atoms with Gasteiger partial charge in [0.1, 0.15) is 5.75 Å². The van der Waals surface area contributed by atoms with Crippen molar-refractivity contribution in [3.05, 3.63) is 84.1 Å². The van der Waals surface area contributed by atoms with Gasteiger partial charge in [-0.15, -0.1) is 10.2 Å². The maximum absolute atomic E-state index is 5.90. The predicted octanol–water partition coefficient (Wildman–Crippen LogP) is 5.07. The molecule has 0 atom stereocenters. The highest BCUT2D eigenvalue weighted by Crippen LogP contribution is 2.26. The van der Waals surface area contributed by atoms with Gasteiger partial charge in [-0.05, 0) is 36.2 Å². The first kappa shape index (κ1) is 18.4. The van der Waals surface area contributed by atoms with Gasteiger partial charge >= 0.3 is 0 Å². The van der Waals surface area contributed by atoms with Crippen molar-refractivity contribution in [2.45, 2.75) is 18.6 Å². The lowest BCUT2D eigenvalue weighted by Gasteiger charge is -2.10. The summed E-state index contributed by atoms with van der Waals surface area (Å²) in [7, 11) is 0. The molecule has 0 amide bonds. The number of hydrogen-bond donors (Lipinski definition) is 0. The fraction of sp³-hybridized carbons (Fsp3) is 0.182. The molecule has 2 aromatic carbocycles. The predicted molar refractivity (Wildman–Crippen MR) is 111 cm³/mol. The Morgan fingerprint density at radius 3 is 2.57 bits per heavy atom. The average molecular weight is 391 g/mol. The molecule has 6 heteroatoms. The van der Waals surface area contributed by atoms with Crippen molar-refractivity contribution in [3.63, 3.8) is 0 Å². The van der Waals surface area contributed by atoms with E-state index in [1.165, 1.54) is 5.56 Å². The topological polar surface area (TPSA) is 53.1 Å². The zero-order valence-corrected chi connectivity index (χ0v) is 16.4. The number of para-hydroxylation sites is 1. The van der Waals surface area contributed by atoms with Gasteiger partial charge in [-0.25, -0.2) is 0 Å². The Bertz CT molecular complexity index is 1010. The maximum Gasteiger partial charge on any atom is 0.200 e. The van der Waals surface area contributed by atoms with Crippen molar-refractivity contribution in [2.24, 2.45) is 0 Å². The SMILES string of the molecule is Cc1ccccc1OCCSc1nnc(-c2ccco2)n1Cc1ccccc1. The number of benzene rings is 2. The van der Waals surface area contributed by atoms with Gasteiger partial charge in [0.05, 0.1) is 19.4 Å². The Hall–Kier alpha value is -2.99. The van der Waals surface area contributed by atoms with Crippen molar-refractivity contribution < 1.29 is 9.15 Å². The molecule has 0 aliphatic heterocycles. The van der Waals surface area contributed by atoms with Crippen LogP contribution >= 0.6 is 11.8 Å². The van der Waals surface area contributed by atoms with E-state index in [0.29, 0.717) is 18.9 Å². The third-order valence-corrected chi connectivity index (χ3v) is 5.24. The van der Waals surface area contributed by atoms with Crippen molar-refractivity contribution in [2.75, 3.05) is 12.4 Å². The summed E-state index contributed by atoms with van der Waals surface area (Å²) in [6, 6.07) is 22.1. The molecule has 142 valence electrons. The lowest BCUT2D eigenvalue weighted by Crippen LogP contribution is -2.06. The van der Waals surface area contributed by atoms with Crippen molar-refractivity contribution in [1.82, 2.24) is 14.8 Å². The van der Waals surface area contributed by atoms with E-state index < -0.39 is 0 Å². The second kappa shape index (κ2) is 8.80. The maximum atomic E-state index is 5.90. The van der Waals surface area contributed by atoms with E-state index in [1.54, 1.807) is 18.0 Å². The third-order valence-electron chi connectivity index (χ3n) is 4.31. The number of rotatable bonds is 8. The number of nitrogens with zero attached hydrogens (tertiary/aromatic N) is 3. The number of aromatic nitrogens is 3. The highest BCUT2D eigenvalue weighted by molar-refractivity contribution is 7.99. The van der Waals surface area contributed by atoms with E-state index in [-0.39, 0.29) is 0 Å².